The third kappa shape index (κ3) is 1.84. The monoisotopic (exact) mass is 238 g/mol. The van der Waals surface area contributed by atoms with Gasteiger partial charge >= 0.3 is 5.76 Å². The Morgan fingerprint density at radius 3 is 2.17 bits per heavy atom. The molecule has 0 amide bonds. The zero-order valence-electron chi connectivity index (χ0n) is 9.48. The van der Waals surface area contributed by atoms with Crippen molar-refractivity contribution >= 4 is 0 Å². The standard InChI is InChI=1S/C14H10N2O2/c17-14-15-13(11-7-3-1-4-8-11)16(18-14)12-9-5-2-6-10-12/h1-10H. The van der Waals surface area contributed by atoms with Gasteiger partial charge in [0.15, 0.2) is 5.82 Å². The highest BCUT2D eigenvalue weighted by molar-refractivity contribution is 5.56. The van der Waals surface area contributed by atoms with Crippen LogP contribution in [0.2, 0.25) is 0 Å². The van der Waals surface area contributed by atoms with E-state index in [-0.39, 0.29) is 0 Å². The molecule has 0 aliphatic heterocycles. The van der Waals surface area contributed by atoms with Crippen LogP contribution in [0.15, 0.2) is 70.0 Å². The molecule has 1 aromatic heterocycles. The van der Waals surface area contributed by atoms with E-state index in [1.807, 2.05) is 60.7 Å². The van der Waals surface area contributed by atoms with Crippen LogP contribution in [0.1, 0.15) is 0 Å². The third-order valence-corrected chi connectivity index (χ3v) is 2.58. The number of nitrogens with zero attached hydrogens (tertiary/aromatic N) is 2. The Kier molecular flexibility index (Phi) is 2.53. The molecule has 3 rings (SSSR count). The van der Waals surface area contributed by atoms with Crippen LogP contribution in [0.4, 0.5) is 0 Å². The predicted octanol–water partition coefficient (Wildman–Crippen LogP) is 2.49. The largest absolute Gasteiger partial charge is 0.460 e. The number of benzene rings is 2. The molecule has 0 atom stereocenters. The molecule has 2 aromatic carbocycles. The zero-order valence-corrected chi connectivity index (χ0v) is 9.48. The van der Waals surface area contributed by atoms with Crippen LogP contribution in [0, 0.1) is 0 Å². The van der Waals surface area contributed by atoms with Crippen molar-refractivity contribution in [1.82, 2.24) is 9.72 Å². The van der Waals surface area contributed by atoms with Gasteiger partial charge in [-0.15, -0.1) is 0 Å². The fourth-order valence-corrected chi connectivity index (χ4v) is 1.78. The lowest BCUT2D eigenvalue weighted by Gasteiger charge is -2.03. The fourth-order valence-electron chi connectivity index (χ4n) is 1.78. The molecule has 4 nitrogen and oxygen atoms in total. The van der Waals surface area contributed by atoms with Gasteiger partial charge in [-0.1, -0.05) is 48.5 Å². The molecular weight excluding hydrogens is 228 g/mol. The molecule has 0 saturated heterocycles. The summed E-state index contributed by atoms with van der Waals surface area (Å²) in [6.45, 7) is 0. The molecule has 3 aromatic rings. The minimum absolute atomic E-state index is 0.506. The molecule has 0 bridgehead atoms. The van der Waals surface area contributed by atoms with Crippen LogP contribution in [0.25, 0.3) is 17.1 Å². The first-order valence-corrected chi connectivity index (χ1v) is 5.56. The summed E-state index contributed by atoms with van der Waals surface area (Å²) in [5, 5.41) is 0. The summed E-state index contributed by atoms with van der Waals surface area (Å²) in [7, 11) is 0. The topological polar surface area (TPSA) is 48.0 Å². The van der Waals surface area contributed by atoms with Crippen LogP contribution in [-0.4, -0.2) is 9.72 Å². The number of hydrogen-bond donors (Lipinski definition) is 0. The SMILES string of the molecule is O=c1nc(-c2ccccc2)n(-c2ccccc2)o1. The van der Waals surface area contributed by atoms with Crippen molar-refractivity contribution in [2.24, 2.45) is 0 Å². The quantitative estimate of drug-likeness (QED) is 0.689. The van der Waals surface area contributed by atoms with Crippen molar-refractivity contribution in [2.75, 3.05) is 0 Å². The minimum atomic E-state index is -0.599. The lowest BCUT2D eigenvalue weighted by atomic mass is 10.2. The molecule has 0 aliphatic carbocycles. The van der Waals surface area contributed by atoms with E-state index in [0.717, 1.165) is 11.3 Å². The second-order valence-electron chi connectivity index (χ2n) is 3.79. The average Bonchev–Trinajstić information content (AvgIpc) is 2.83. The maximum atomic E-state index is 11.4. The van der Waals surface area contributed by atoms with Crippen molar-refractivity contribution in [3.05, 3.63) is 71.2 Å². The number of rotatable bonds is 2. The molecule has 18 heavy (non-hydrogen) atoms. The van der Waals surface area contributed by atoms with E-state index in [2.05, 4.69) is 4.98 Å². The van der Waals surface area contributed by atoms with E-state index < -0.39 is 5.76 Å². The molecule has 0 radical (unpaired) electrons. The summed E-state index contributed by atoms with van der Waals surface area (Å²) in [6, 6.07) is 18.8. The normalized spacial score (nSPS) is 10.4. The molecule has 0 fully saturated rings. The Hall–Kier alpha value is -2.62. The smallest absolute Gasteiger partial charge is 0.313 e. The van der Waals surface area contributed by atoms with Crippen LogP contribution in [-0.2, 0) is 0 Å². The summed E-state index contributed by atoms with van der Waals surface area (Å²) in [5.74, 6) is -0.0930. The second kappa shape index (κ2) is 4.33. The second-order valence-corrected chi connectivity index (χ2v) is 3.79. The van der Waals surface area contributed by atoms with E-state index >= 15 is 0 Å². The van der Waals surface area contributed by atoms with E-state index in [1.165, 1.54) is 4.74 Å². The van der Waals surface area contributed by atoms with Gasteiger partial charge in [0.1, 0.15) is 0 Å². The summed E-state index contributed by atoms with van der Waals surface area (Å²) >= 11 is 0. The summed E-state index contributed by atoms with van der Waals surface area (Å²) < 4.78 is 6.55. The number of para-hydroxylation sites is 1. The van der Waals surface area contributed by atoms with Gasteiger partial charge < -0.3 is 4.52 Å². The summed E-state index contributed by atoms with van der Waals surface area (Å²) in [6.07, 6.45) is 0. The summed E-state index contributed by atoms with van der Waals surface area (Å²) in [4.78, 5) is 15.3. The van der Waals surface area contributed by atoms with Gasteiger partial charge in [-0.25, -0.2) is 4.79 Å². The van der Waals surface area contributed by atoms with Gasteiger partial charge in [0, 0.05) is 5.56 Å². The first-order valence-electron chi connectivity index (χ1n) is 5.56. The lowest BCUT2D eigenvalue weighted by Crippen LogP contribution is -1.95. The Balaban J connectivity index is 2.21. The third-order valence-electron chi connectivity index (χ3n) is 2.58. The van der Waals surface area contributed by atoms with Crippen molar-refractivity contribution in [3.63, 3.8) is 0 Å². The molecule has 0 aliphatic rings. The Bertz CT molecular complexity index is 639. The van der Waals surface area contributed by atoms with Gasteiger partial charge in [0.2, 0.25) is 0 Å². The highest BCUT2D eigenvalue weighted by atomic mass is 16.5. The van der Waals surface area contributed by atoms with E-state index in [1.54, 1.807) is 0 Å². The first kappa shape index (κ1) is 10.5. The van der Waals surface area contributed by atoms with Gasteiger partial charge in [0.25, 0.3) is 0 Å². The summed E-state index contributed by atoms with van der Waals surface area (Å²) in [5.41, 5.74) is 1.61. The van der Waals surface area contributed by atoms with Crippen molar-refractivity contribution in [1.29, 1.82) is 0 Å². The Morgan fingerprint density at radius 1 is 0.889 bits per heavy atom. The van der Waals surface area contributed by atoms with Crippen LogP contribution in [0.5, 0.6) is 0 Å². The van der Waals surface area contributed by atoms with Gasteiger partial charge in [-0.05, 0) is 12.1 Å². The first-order chi connectivity index (χ1) is 8.84. The maximum Gasteiger partial charge on any atom is 0.460 e. The fraction of sp³-hybridized carbons (Fsp3) is 0. The highest BCUT2D eigenvalue weighted by Gasteiger charge is 2.11. The van der Waals surface area contributed by atoms with Crippen LogP contribution >= 0.6 is 0 Å². The predicted molar refractivity (Wildman–Crippen MR) is 67.5 cm³/mol. The molecule has 0 N–H and O–H groups in total. The van der Waals surface area contributed by atoms with Crippen LogP contribution < -0.4 is 5.76 Å². The van der Waals surface area contributed by atoms with Crippen molar-refractivity contribution < 1.29 is 4.52 Å². The lowest BCUT2D eigenvalue weighted by molar-refractivity contribution is 0.323. The average molecular weight is 238 g/mol. The van der Waals surface area contributed by atoms with E-state index in [9.17, 15) is 4.79 Å². The molecule has 0 spiro atoms. The number of hydrogen-bond acceptors (Lipinski definition) is 3. The molecule has 4 heteroatoms. The Labute approximate surface area is 103 Å². The highest BCUT2D eigenvalue weighted by Crippen LogP contribution is 2.19. The zero-order chi connectivity index (χ0) is 12.4. The van der Waals surface area contributed by atoms with Crippen LogP contribution in [0.3, 0.4) is 0 Å². The van der Waals surface area contributed by atoms with Gasteiger partial charge in [0.05, 0.1) is 5.69 Å². The van der Waals surface area contributed by atoms with Gasteiger partial charge in [-0.2, -0.15) is 9.72 Å². The minimum Gasteiger partial charge on any atom is -0.313 e. The van der Waals surface area contributed by atoms with Crippen molar-refractivity contribution in [2.45, 2.75) is 0 Å². The maximum absolute atomic E-state index is 11.4. The molecule has 0 unspecified atom stereocenters. The molecule has 1 heterocycles. The van der Waals surface area contributed by atoms with Crippen molar-refractivity contribution in [3.8, 4) is 17.1 Å². The van der Waals surface area contributed by atoms with Gasteiger partial charge in [-0.3, -0.25) is 0 Å². The Morgan fingerprint density at radius 2 is 1.50 bits per heavy atom. The number of aromatic nitrogens is 2. The van der Waals surface area contributed by atoms with E-state index in [0.29, 0.717) is 5.82 Å². The van der Waals surface area contributed by atoms with E-state index in [4.69, 9.17) is 4.52 Å². The molecular formula is C14H10N2O2. The molecule has 0 saturated carbocycles. The molecule has 88 valence electrons.